The average Bonchev–Trinajstić information content (AvgIpc) is 2.48. The third-order valence-electron chi connectivity index (χ3n) is 3.52. The highest BCUT2D eigenvalue weighted by Crippen LogP contribution is 2.28. The highest BCUT2D eigenvalue weighted by molar-refractivity contribution is 5.53. The van der Waals surface area contributed by atoms with Gasteiger partial charge in [0.1, 0.15) is 0 Å². The van der Waals surface area contributed by atoms with E-state index in [0.717, 1.165) is 24.1 Å². The molecule has 2 N–H and O–H groups in total. The maximum atomic E-state index is 9.88. The number of hydrogen-bond donors (Lipinski definition) is 2. The lowest BCUT2D eigenvalue weighted by atomic mass is 10.0. The molecule has 2 aromatic rings. The van der Waals surface area contributed by atoms with E-state index in [1.807, 2.05) is 30.3 Å². The van der Waals surface area contributed by atoms with Crippen molar-refractivity contribution in [1.82, 2.24) is 0 Å². The minimum atomic E-state index is -0.461. The molecule has 0 bridgehead atoms. The standard InChI is InChI=1S/C18H23NO/c1-3-9-17(15-10-5-4-6-11-15)19-18-13-8-7-12-16(18)14(2)20/h4-8,10-14,17,19-20H,3,9H2,1-2H3. The van der Waals surface area contributed by atoms with Crippen molar-refractivity contribution in [2.75, 3.05) is 5.32 Å². The summed E-state index contributed by atoms with van der Waals surface area (Å²) in [5.41, 5.74) is 3.25. The minimum absolute atomic E-state index is 0.279. The van der Waals surface area contributed by atoms with Crippen LogP contribution in [-0.2, 0) is 0 Å². The van der Waals surface area contributed by atoms with Gasteiger partial charge >= 0.3 is 0 Å². The molecule has 0 aliphatic carbocycles. The van der Waals surface area contributed by atoms with Crippen molar-refractivity contribution in [1.29, 1.82) is 0 Å². The van der Waals surface area contributed by atoms with E-state index in [1.165, 1.54) is 5.56 Å². The molecule has 106 valence electrons. The Labute approximate surface area is 121 Å². The molecule has 0 aromatic heterocycles. The molecule has 0 heterocycles. The van der Waals surface area contributed by atoms with E-state index in [0.29, 0.717) is 0 Å². The Balaban J connectivity index is 2.25. The lowest BCUT2D eigenvalue weighted by Gasteiger charge is -2.22. The van der Waals surface area contributed by atoms with E-state index >= 15 is 0 Å². The summed E-state index contributed by atoms with van der Waals surface area (Å²) in [6, 6.07) is 18.7. The van der Waals surface area contributed by atoms with Gasteiger partial charge in [0.05, 0.1) is 12.1 Å². The Morgan fingerprint density at radius 2 is 1.65 bits per heavy atom. The van der Waals surface area contributed by atoms with Crippen LogP contribution in [0.25, 0.3) is 0 Å². The van der Waals surface area contributed by atoms with Gasteiger partial charge in [-0.05, 0) is 25.0 Å². The third kappa shape index (κ3) is 3.61. The summed E-state index contributed by atoms with van der Waals surface area (Å²) < 4.78 is 0. The summed E-state index contributed by atoms with van der Waals surface area (Å²) in [6.07, 6.45) is 1.72. The van der Waals surface area contributed by atoms with Crippen LogP contribution >= 0.6 is 0 Å². The first-order valence-corrected chi connectivity index (χ1v) is 7.30. The zero-order chi connectivity index (χ0) is 14.4. The average molecular weight is 269 g/mol. The van der Waals surface area contributed by atoms with Crippen molar-refractivity contribution in [2.45, 2.75) is 38.8 Å². The van der Waals surface area contributed by atoms with E-state index in [9.17, 15) is 5.11 Å². The number of anilines is 1. The number of para-hydroxylation sites is 1. The van der Waals surface area contributed by atoms with Crippen LogP contribution in [0.3, 0.4) is 0 Å². The van der Waals surface area contributed by atoms with Gasteiger partial charge in [-0.2, -0.15) is 0 Å². The fourth-order valence-corrected chi connectivity index (χ4v) is 2.48. The van der Waals surface area contributed by atoms with Gasteiger partial charge in [-0.25, -0.2) is 0 Å². The van der Waals surface area contributed by atoms with Crippen molar-refractivity contribution >= 4 is 5.69 Å². The van der Waals surface area contributed by atoms with E-state index < -0.39 is 6.10 Å². The first-order valence-electron chi connectivity index (χ1n) is 7.30. The summed E-state index contributed by atoms with van der Waals surface area (Å²) >= 11 is 0. The Bertz CT molecular complexity index is 522. The zero-order valence-corrected chi connectivity index (χ0v) is 12.2. The van der Waals surface area contributed by atoms with Gasteiger partial charge in [-0.1, -0.05) is 61.9 Å². The second kappa shape index (κ2) is 7.11. The first kappa shape index (κ1) is 14.6. The number of benzene rings is 2. The second-order valence-electron chi connectivity index (χ2n) is 5.16. The molecule has 2 rings (SSSR count). The lowest BCUT2D eigenvalue weighted by Crippen LogP contribution is -2.12. The summed E-state index contributed by atoms with van der Waals surface area (Å²) in [5.74, 6) is 0. The third-order valence-corrected chi connectivity index (χ3v) is 3.52. The van der Waals surface area contributed by atoms with Crippen LogP contribution in [0, 0.1) is 0 Å². The molecule has 2 unspecified atom stereocenters. The zero-order valence-electron chi connectivity index (χ0n) is 12.2. The molecule has 0 fully saturated rings. The normalized spacial score (nSPS) is 13.8. The van der Waals surface area contributed by atoms with Gasteiger partial charge in [0, 0.05) is 11.3 Å². The predicted octanol–water partition coefficient (Wildman–Crippen LogP) is 4.69. The SMILES string of the molecule is CCCC(Nc1ccccc1C(C)O)c1ccccc1. The quantitative estimate of drug-likeness (QED) is 0.797. The molecule has 2 nitrogen and oxygen atoms in total. The van der Waals surface area contributed by atoms with E-state index in [2.05, 4.69) is 36.5 Å². The van der Waals surface area contributed by atoms with Crippen LogP contribution in [0.2, 0.25) is 0 Å². The number of hydrogen-bond acceptors (Lipinski definition) is 2. The van der Waals surface area contributed by atoms with E-state index in [-0.39, 0.29) is 6.04 Å². The van der Waals surface area contributed by atoms with Crippen LogP contribution in [0.1, 0.15) is 50.0 Å². The number of nitrogens with one attached hydrogen (secondary N) is 1. The van der Waals surface area contributed by atoms with E-state index in [1.54, 1.807) is 6.92 Å². The van der Waals surface area contributed by atoms with Crippen LogP contribution in [0.15, 0.2) is 54.6 Å². The summed E-state index contributed by atoms with van der Waals surface area (Å²) in [6.45, 7) is 4.00. The number of aliphatic hydroxyl groups excluding tert-OH is 1. The highest BCUT2D eigenvalue weighted by atomic mass is 16.3. The Hall–Kier alpha value is -1.80. The first-order chi connectivity index (χ1) is 9.72. The van der Waals surface area contributed by atoms with Crippen LogP contribution in [-0.4, -0.2) is 5.11 Å². The monoisotopic (exact) mass is 269 g/mol. The van der Waals surface area contributed by atoms with Crippen molar-refractivity contribution in [3.05, 3.63) is 65.7 Å². The second-order valence-corrected chi connectivity index (χ2v) is 5.16. The predicted molar refractivity (Wildman–Crippen MR) is 84.8 cm³/mol. The van der Waals surface area contributed by atoms with Crippen molar-refractivity contribution < 1.29 is 5.11 Å². The van der Waals surface area contributed by atoms with Gasteiger partial charge in [-0.15, -0.1) is 0 Å². The smallest absolute Gasteiger partial charge is 0.0781 e. The Kier molecular flexibility index (Phi) is 5.19. The molecule has 0 aliphatic rings. The molecule has 0 spiro atoms. The maximum absolute atomic E-state index is 9.88. The van der Waals surface area contributed by atoms with Crippen molar-refractivity contribution in [2.24, 2.45) is 0 Å². The van der Waals surface area contributed by atoms with Gasteiger partial charge < -0.3 is 10.4 Å². The molecule has 0 saturated carbocycles. The molecule has 0 aliphatic heterocycles. The molecule has 2 atom stereocenters. The summed E-state index contributed by atoms with van der Waals surface area (Å²) in [7, 11) is 0. The highest BCUT2D eigenvalue weighted by Gasteiger charge is 2.13. The molecular formula is C18H23NO. The van der Waals surface area contributed by atoms with Crippen molar-refractivity contribution in [3.8, 4) is 0 Å². The molecule has 2 aromatic carbocycles. The van der Waals surface area contributed by atoms with Crippen LogP contribution in [0.4, 0.5) is 5.69 Å². The van der Waals surface area contributed by atoms with Crippen LogP contribution in [0.5, 0.6) is 0 Å². The maximum Gasteiger partial charge on any atom is 0.0781 e. The van der Waals surface area contributed by atoms with Crippen molar-refractivity contribution in [3.63, 3.8) is 0 Å². The van der Waals surface area contributed by atoms with E-state index in [4.69, 9.17) is 0 Å². The molecular weight excluding hydrogens is 246 g/mol. The molecule has 0 saturated heterocycles. The molecule has 20 heavy (non-hydrogen) atoms. The fourth-order valence-electron chi connectivity index (χ4n) is 2.48. The van der Waals surface area contributed by atoms with Gasteiger partial charge in [0.15, 0.2) is 0 Å². The van der Waals surface area contributed by atoms with Gasteiger partial charge in [-0.3, -0.25) is 0 Å². The number of aliphatic hydroxyl groups is 1. The van der Waals surface area contributed by atoms with Gasteiger partial charge in [0.2, 0.25) is 0 Å². The topological polar surface area (TPSA) is 32.3 Å². The summed E-state index contributed by atoms with van der Waals surface area (Å²) in [4.78, 5) is 0. The number of rotatable bonds is 6. The summed E-state index contributed by atoms with van der Waals surface area (Å²) in [5, 5.41) is 13.5. The van der Waals surface area contributed by atoms with Gasteiger partial charge in [0.25, 0.3) is 0 Å². The van der Waals surface area contributed by atoms with Crippen LogP contribution < -0.4 is 5.32 Å². The largest absolute Gasteiger partial charge is 0.389 e. The molecule has 2 heteroatoms. The molecule has 0 amide bonds. The Morgan fingerprint density at radius 3 is 2.30 bits per heavy atom. The lowest BCUT2D eigenvalue weighted by molar-refractivity contribution is 0.200. The fraction of sp³-hybridized carbons (Fsp3) is 0.333. The Morgan fingerprint density at radius 1 is 1.00 bits per heavy atom. The minimum Gasteiger partial charge on any atom is -0.389 e. The molecule has 0 radical (unpaired) electrons.